The van der Waals surface area contributed by atoms with E-state index in [-0.39, 0.29) is 5.91 Å². The Hall–Kier alpha value is -2.27. The third-order valence-corrected chi connectivity index (χ3v) is 4.93. The van der Waals surface area contributed by atoms with Crippen LogP contribution in [0.1, 0.15) is 10.4 Å². The average molecular weight is 311 g/mol. The molecule has 0 unspecified atom stereocenters. The number of fused-ring (bicyclic) bond motifs is 1. The van der Waals surface area contributed by atoms with Gasteiger partial charge in [-0.2, -0.15) is 11.3 Å². The fourth-order valence-corrected chi connectivity index (χ4v) is 3.70. The molecule has 112 valence electrons. The third-order valence-electron chi connectivity index (χ3n) is 4.26. The fourth-order valence-electron chi connectivity index (χ4n) is 3.04. The summed E-state index contributed by atoms with van der Waals surface area (Å²) < 4.78 is 0. The predicted octanol–water partition coefficient (Wildman–Crippen LogP) is 3.19. The SMILES string of the molecule is O=C(c1cccc2cc[nH]c12)N1CCN(c2ccsc2)CC1. The second-order valence-corrected chi connectivity index (χ2v) is 6.29. The number of hydrogen-bond acceptors (Lipinski definition) is 3. The maximum Gasteiger partial charge on any atom is 0.256 e. The highest BCUT2D eigenvalue weighted by molar-refractivity contribution is 7.08. The van der Waals surface area contributed by atoms with Crippen molar-refractivity contribution in [3.05, 3.63) is 52.9 Å². The van der Waals surface area contributed by atoms with E-state index in [4.69, 9.17) is 0 Å². The molecule has 1 amide bonds. The zero-order valence-electron chi connectivity index (χ0n) is 12.2. The van der Waals surface area contributed by atoms with Gasteiger partial charge < -0.3 is 14.8 Å². The largest absolute Gasteiger partial charge is 0.367 e. The average Bonchev–Trinajstić information content (AvgIpc) is 3.25. The van der Waals surface area contributed by atoms with Crippen molar-refractivity contribution in [3.63, 3.8) is 0 Å². The van der Waals surface area contributed by atoms with Crippen LogP contribution in [0.5, 0.6) is 0 Å². The van der Waals surface area contributed by atoms with Gasteiger partial charge in [-0.1, -0.05) is 12.1 Å². The molecule has 1 saturated heterocycles. The minimum Gasteiger partial charge on any atom is -0.367 e. The van der Waals surface area contributed by atoms with Crippen LogP contribution in [0.2, 0.25) is 0 Å². The van der Waals surface area contributed by atoms with Crippen molar-refractivity contribution >= 4 is 33.8 Å². The predicted molar refractivity (Wildman–Crippen MR) is 90.7 cm³/mol. The Bertz CT molecular complexity index is 785. The first kappa shape index (κ1) is 13.4. The molecule has 0 spiro atoms. The van der Waals surface area contributed by atoms with Crippen LogP contribution in [0.15, 0.2) is 47.3 Å². The van der Waals surface area contributed by atoms with Gasteiger partial charge in [0.15, 0.2) is 0 Å². The van der Waals surface area contributed by atoms with Crippen molar-refractivity contribution in [3.8, 4) is 0 Å². The lowest BCUT2D eigenvalue weighted by Crippen LogP contribution is -2.48. The van der Waals surface area contributed by atoms with Gasteiger partial charge in [-0.05, 0) is 23.6 Å². The van der Waals surface area contributed by atoms with Gasteiger partial charge in [-0.25, -0.2) is 0 Å². The number of piperazine rings is 1. The molecule has 1 fully saturated rings. The molecular formula is C17H17N3OS. The highest BCUT2D eigenvalue weighted by Crippen LogP contribution is 2.22. The van der Waals surface area contributed by atoms with E-state index < -0.39 is 0 Å². The van der Waals surface area contributed by atoms with Crippen LogP contribution in [0.4, 0.5) is 5.69 Å². The molecule has 4 rings (SSSR count). The van der Waals surface area contributed by atoms with E-state index in [1.165, 1.54) is 5.69 Å². The zero-order chi connectivity index (χ0) is 14.9. The summed E-state index contributed by atoms with van der Waals surface area (Å²) in [4.78, 5) is 20.3. The van der Waals surface area contributed by atoms with E-state index in [2.05, 4.69) is 26.7 Å². The second-order valence-electron chi connectivity index (χ2n) is 5.51. The zero-order valence-corrected chi connectivity index (χ0v) is 13.0. The van der Waals surface area contributed by atoms with E-state index in [9.17, 15) is 4.79 Å². The monoisotopic (exact) mass is 311 g/mol. The Morgan fingerprint density at radius 1 is 1.09 bits per heavy atom. The Balaban J connectivity index is 1.51. The van der Waals surface area contributed by atoms with Crippen LogP contribution in [0, 0.1) is 0 Å². The van der Waals surface area contributed by atoms with Gasteiger partial charge >= 0.3 is 0 Å². The van der Waals surface area contributed by atoms with Gasteiger partial charge in [0.2, 0.25) is 0 Å². The Morgan fingerprint density at radius 3 is 2.73 bits per heavy atom. The lowest BCUT2D eigenvalue weighted by atomic mass is 10.1. The van der Waals surface area contributed by atoms with E-state index in [0.29, 0.717) is 0 Å². The molecule has 4 nitrogen and oxygen atoms in total. The number of carbonyl (C=O) groups is 1. The van der Waals surface area contributed by atoms with Crippen molar-refractivity contribution in [1.29, 1.82) is 0 Å². The number of anilines is 1. The number of carbonyl (C=O) groups excluding carboxylic acids is 1. The minimum atomic E-state index is 0.123. The van der Waals surface area contributed by atoms with E-state index >= 15 is 0 Å². The number of H-pyrrole nitrogens is 1. The Morgan fingerprint density at radius 2 is 1.95 bits per heavy atom. The standard InChI is InChI=1S/C17H17N3OS/c21-17(15-3-1-2-13-4-6-18-16(13)15)20-9-7-19(8-10-20)14-5-11-22-12-14/h1-6,11-12,18H,7-10H2. The molecule has 2 aromatic heterocycles. The quantitative estimate of drug-likeness (QED) is 0.789. The number of nitrogens with zero attached hydrogens (tertiary/aromatic N) is 2. The highest BCUT2D eigenvalue weighted by atomic mass is 32.1. The van der Waals surface area contributed by atoms with E-state index in [1.807, 2.05) is 35.4 Å². The molecule has 0 saturated carbocycles. The molecule has 5 heteroatoms. The van der Waals surface area contributed by atoms with Crippen LogP contribution < -0.4 is 4.90 Å². The molecule has 3 heterocycles. The van der Waals surface area contributed by atoms with Gasteiger partial charge in [-0.3, -0.25) is 4.79 Å². The maximum absolute atomic E-state index is 12.8. The van der Waals surface area contributed by atoms with Crippen molar-refractivity contribution in [2.24, 2.45) is 0 Å². The number of benzene rings is 1. The maximum atomic E-state index is 12.8. The molecule has 0 bridgehead atoms. The summed E-state index contributed by atoms with van der Waals surface area (Å²) in [5, 5.41) is 5.35. The molecular weight excluding hydrogens is 294 g/mol. The summed E-state index contributed by atoms with van der Waals surface area (Å²) in [6.07, 6.45) is 1.88. The molecule has 1 N–H and O–H groups in total. The van der Waals surface area contributed by atoms with Crippen LogP contribution in [-0.2, 0) is 0 Å². The van der Waals surface area contributed by atoms with Crippen LogP contribution in [0.25, 0.3) is 10.9 Å². The number of aromatic amines is 1. The van der Waals surface area contributed by atoms with Gasteiger partial charge in [-0.15, -0.1) is 0 Å². The summed E-state index contributed by atoms with van der Waals surface area (Å²) in [6.45, 7) is 3.32. The molecule has 1 aliphatic heterocycles. The number of para-hydroxylation sites is 1. The molecule has 0 aliphatic carbocycles. The molecule has 22 heavy (non-hydrogen) atoms. The van der Waals surface area contributed by atoms with Crippen molar-refractivity contribution in [2.45, 2.75) is 0 Å². The van der Waals surface area contributed by atoms with Crippen LogP contribution >= 0.6 is 11.3 Å². The Labute approximate surface area is 133 Å². The van der Waals surface area contributed by atoms with Crippen molar-refractivity contribution < 1.29 is 4.79 Å². The van der Waals surface area contributed by atoms with Crippen LogP contribution in [0.3, 0.4) is 0 Å². The van der Waals surface area contributed by atoms with E-state index in [1.54, 1.807) is 11.3 Å². The first-order valence-electron chi connectivity index (χ1n) is 7.45. The fraction of sp³-hybridized carbons (Fsp3) is 0.235. The number of rotatable bonds is 2. The normalized spacial score (nSPS) is 15.5. The lowest BCUT2D eigenvalue weighted by molar-refractivity contribution is 0.0748. The molecule has 0 atom stereocenters. The Kier molecular flexibility index (Phi) is 3.35. The van der Waals surface area contributed by atoms with Gasteiger partial charge in [0.1, 0.15) is 0 Å². The topological polar surface area (TPSA) is 39.3 Å². The second kappa shape index (κ2) is 5.50. The molecule has 1 aliphatic rings. The summed E-state index contributed by atoms with van der Waals surface area (Å²) >= 11 is 1.71. The van der Waals surface area contributed by atoms with Crippen LogP contribution in [-0.4, -0.2) is 42.0 Å². The number of hydrogen-bond donors (Lipinski definition) is 1. The van der Waals surface area contributed by atoms with Gasteiger partial charge in [0.25, 0.3) is 5.91 Å². The molecule has 3 aromatic rings. The van der Waals surface area contributed by atoms with Crippen molar-refractivity contribution in [2.75, 3.05) is 31.1 Å². The summed E-state index contributed by atoms with van der Waals surface area (Å²) in [7, 11) is 0. The first-order valence-corrected chi connectivity index (χ1v) is 8.40. The first-order chi connectivity index (χ1) is 10.8. The summed E-state index contributed by atoms with van der Waals surface area (Å²) in [5.74, 6) is 0.123. The third kappa shape index (κ3) is 2.27. The highest BCUT2D eigenvalue weighted by Gasteiger charge is 2.23. The molecule has 1 aromatic carbocycles. The number of nitrogens with one attached hydrogen (secondary N) is 1. The summed E-state index contributed by atoms with van der Waals surface area (Å²) in [6, 6.07) is 10.0. The minimum absolute atomic E-state index is 0.123. The number of amides is 1. The smallest absolute Gasteiger partial charge is 0.256 e. The van der Waals surface area contributed by atoms with Gasteiger partial charge in [0.05, 0.1) is 11.1 Å². The van der Waals surface area contributed by atoms with Crippen molar-refractivity contribution in [1.82, 2.24) is 9.88 Å². The molecule has 0 radical (unpaired) electrons. The summed E-state index contributed by atoms with van der Waals surface area (Å²) in [5.41, 5.74) is 2.97. The number of aromatic nitrogens is 1. The van der Waals surface area contributed by atoms with Gasteiger partial charge in [0, 0.05) is 48.8 Å². The lowest BCUT2D eigenvalue weighted by Gasteiger charge is -2.35. The van der Waals surface area contributed by atoms with E-state index in [0.717, 1.165) is 42.6 Å². The number of thiophene rings is 1.